The third-order valence-corrected chi connectivity index (χ3v) is 2.59. The average Bonchev–Trinajstić information content (AvgIpc) is 2.26. The van der Waals surface area contributed by atoms with Gasteiger partial charge >= 0.3 is 5.97 Å². The van der Waals surface area contributed by atoms with Crippen LogP contribution in [0.15, 0.2) is 18.2 Å². The minimum Gasteiger partial charge on any atom is -0.478 e. The van der Waals surface area contributed by atoms with E-state index in [4.69, 9.17) is 5.11 Å². The Hall–Kier alpha value is -1.30. The van der Waals surface area contributed by atoms with Crippen molar-refractivity contribution >= 4 is 27.7 Å². The fourth-order valence-electron chi connectivity index (χ4n) is 1.40. The van der Waals surface area contributed by atoms with Crippen LogP contribution in [0.5, 0.6) is 0 Å². The maximum absolute atomic E-state index is 12.7. The minimum absolute atomic E-state index is 0.404. The van der Waals surface area contributed by atoms with Crippen molar-refractivity contribution in [2.75, 3.05) is 0 Å². The number of benzene rings is 1. The highest BCUT2D eigenvalue weighted by Gasteiger charge is 2.26. The number of ketones is 1. The molecule has 0 aromatic heterocycles. The summed E-state index contributed by atoms with van der Waals surface area (Å²) in [5, 5.41) is 8.89. The van der Waals surface area contributed by atoms with Crippen LogP contribution in [0, 0.1) is 0 Å². The summed E-state index contributed by atoms with van der Waals surface area (Å²) < 4.78 is 25.5. The zero-order valence-electron chi connectivity index (χ0n) is 8.78. The first-order valence-electron chi connectivity index (χ1n) is 4.69. The number of hydrogen-bond donors (Lipinski definition) is 1. The zero-order chi connectivity index (χ0) is 13.2. The van der Waals surface area contributed by atoms with E-state index < -0.39 is 39.7 Å². The highest BCUT2D eigenvalue weighted by molar-refractivity contribution is 9.10. The first-order valence-corrected chi connectivity index (χ1v) is 5.60. The Morgan fingerprint density at radius 3 is 2.35 bits per heavy atom. The Labute approximate surface area is 105 Å². The quantitative estimate of drug-likeness (QED) is 0.686. The molecule has 0 aliphatic heterocycles. The van der Waals surface area contributed by atoms with E-state index in [2.05, 4.69) is 15.9 Å². The van der Waals surface area contributed by atoms with Gasteiger partial charge in [0.2, 0.25) is 0 Å². The van der Waals surface area contributed by atoms with E-state index >= 15 is 0 Å². The summed E-state index contributed by atoms with van der Waals surface area (Å²) >= 11 is 2.96. The molecule has 1 rings (SSSR count). The van der Waals surface area contributed by atoms with E-state index in [1.54, 1.807) is 0 Å². The molecule has 1 aromatic carbocycles. The molecule has 0 aliphatic carbocycles. The number of carbonyl (C=O) groups excluding carboxylic acids is 1. The van der Waals surface area contributed by atoms with Crippen LogP contribution in [0.2, 0.25) is 0 Å². The lowest BCUT2D eigenvalue weighted by Gasteiger charge is -2.12. The van der Waals surface area contributed by atoms with Crippen LogP contribution < -0.4 is 0 Å². The van der Waals surface area contributed by atoms with Gasteiger partial charge in [0.1, 0.15) is 0 Å². The van der Waals surface area contributed by atoms with Gasteiger partial charge in [-0.2, -0.15) is 0 Å². The molecule has 17 heavy (non-hydrogen) atoms. The molecular weight excluding hydrogens is 298 g/mol. The van der Waals surface area contributed by atoms with Crippen LogP contribution in [0.25, 0.3) is 0 Å². The second-order valence-electron chi connectivity index (χ2n) is 3.36. The molecule has 0 amide bonds. The number of alkyl halides is 3. The molecule has 1 unspecified atom stereocenters. The SMILES string of the molecule is CC(Br)C(=O)c1c(C(=O)O)cccc1C(F)F. The number of carboxylic acids is 1. The van der Waals surface area contributed by atoms with Gasteiger partial charge < -0.3 is 5.11 Å². The van der Waals surface area contributed by atoms with E-state index in [0.717, 1.165) is 12.1 Å². The number of Topliss-reactive ketones (excluding diaryl/α,β-unsaturated/α-hetero) is 1. The lowest BCUT2D eigenvalue weighted by molar-refractivity contribution is 0.0691. The number of hydrogen-bond acceptors (Lipinski definition) is 2. The number of rotatable bonds is 4. The summed E-state index contributed by atoms with van der Waals surface area (Å²) in [6.45, 7) is 1.45. The molecular formula is C11H9BrF2O3. The van der Waals surface area contributed by atoms with Crippen molar-refractivity contribution in [3.8, 4) is 0 Å². The van der Waals surface area contributed by atoms with E-state index in [1.165, 1.54) is 13.0 Å². The summed E-state index contributed by atoms with van der Waals surface area (Å²) in [6.07, 6.45) is -2.89. The van der Waals surface area contributed by atoms with E-state index in [-0.39, 0.29) is 0 Å². The lowest BCUT2D eigenvalue weighted by atomic mass is 9.96. The number of halogens is 3. The second kappa shape index (κ2) is 5.35. The van der Waals surface area contributed by atoms with Gasteiger partial charge in [0.25, 0.3) is 6.43 Å². The zero-order valence-corrected chi connectivity index (χ0v) is 10.4. The van der Waals surface area contributed by atoms with E-state index in [0.29, 0.717) is 0 Å². The molecule has 0 saturated heterocycles. The molecule has 92 valence electrons. The Balaban J connectivity index is 3.49. The average molecular weight is 307 g/mol. The smallest absolute Gasteiger partial charge is 0.336 e. The molecule has 6 heteroatoms. The standard InChI is InChI=1S/C11H9BrF2O3/c1-5(12)9(15)8-6(10(13)14)3-2-4-7(8)11(16)17/h2-5,10H,1H3,(H,16,17). The van der Waals surface area contributed by atoms with Crippen LogP contribution in [0.4, 0.5) is 8.78 Å². The largest absolute Gasteiger partial charge is 0.478 e. The highest BCUT2D eigenvalue weighted by atomic mass is 79.9. The Morgan fingerprint density at radius 1 is 1.35 bits per heavy atom. The topological polar surface area (TPSA) is 54.4 Å². The number of aromatic carboxylic acids is 1. The third kappa shape index (κ3) is 2.88. The van der Waals surface area contributed by atoms with Crippen molar-refractivity contribution < 1.29 is 23.5 Å². The maximum atomic E-state index is 12.7. The van der Waals surface area contributed by atoms with Gasteiger partial charge in [-0.25, -0.2) is 13.6 Å². The Kier molecular flexibility index (Phi) is 4.34. The molecule has 3 nitrogen and oxygen atoms in total. The Morgan fingerprint density at radius 2 is 1.94 bits per heavy atom. The molecule has 0 heterocycles. The molecule has 1 atom stereocenters. The minimum atomic E-state index is -2.89. The van der Waals surface area contributed by atoms with Gasteiger partial charge in [-0.05, 0) is 13.0 Å². The molecule has 1 aromatic rings. The van der Waals surface area contributed by atoms with E-state index in [1.807, 2.05) is 0 Å². The number of carbonyl (C=O) groups is 2. The van der Waals surface area contributed by atoms with Crippen LogP contribution in [0.3, 0.4) is 0 Å². The molecule has 1 N–H and O–H groups in total. The van der Waals surface area contributed by atoms with Crippen molar-refractivity contribution in [2.45, 2.75) is 18.2 Å². The van der Waals surface area contributed by atoms with Crippen LogP contribution in [-0.4, -0.2) is 21.7 Å². The fraction of sp³-hybridized carbons (Fsp3) is 0.273. The predicted octanol–water partition coefficient (Wildman–Crippen LogP) is 3.29. The predicted molar refractivity (Wildman–Crippen MR) is 61.1 cm³/mol. The van der Waals surface area contributed by atoms with Crippen molar-refractivity contribution in [1.29, 1.82) is 0 Å². The molecule has 0 aliphatic rings. The van der Waals surface area contributed by atoms with Gasteiger partial charge in [-0.1, -0.05) is 28.1 Å². The van der Waals surface area contributed by atoms with E-state index in [9.17, 15) is 18.4 Å². The first kappa shape index (κ1) is 13.8. The van der Waals surface area contributed by atoms with Gasteiger partial charge in [-0.15, -0.1) is 0 Å². The summed E-state index contributed by atoms with van der Waals surface area (Å²) in [5.41, 5.74) is -1.39. The van der Waals surface area contributed by atoms with Gasteiger partial charge in [0.15, 0.2) is 5.78 Å². The monoisotopic (exact) mass is 306 g/mol. The maximum Gasteiger partial charge on any atom is 0.336 e. The van der Waals surface area contributed by atoms with Crippen LogP contribution in [-0.2, 0) is 0 Å². The van der Waals surface area contributed by atoms with Gasteiger partial charge in [-0.3, -0.25) is 4.79 Å². The second-order valence-corrected chi connectivity index (χ2v) is 4.73. The van der Waals surface area contributed by atoms with Crippen LogP contribution >= 0.6 is 15.9 Å². The van der Waals surface area contributed by atoms with Crippen molar-refractivity contribution in [3.05, 3.63) is 34.9 Å². The van der Waals surface area contributed by atoms with Crippen LogP contribution in [0.1, 0.15) is 39.6 Å². The summed E-state index contributed by atoms with van der Waals surface area (Å²) in [4.78, 5) is 21.9. The molecule has 0 bridgehead atoms. The summed E-state index contributed by atoms with van der Waals surface area (Å²) in [6, 6.07) is 3.39. The summed E-state index contributed by atoms with van der Waals surface area (Å²) in [7, 11) is 0. The first-order chi connectivity index (χ1) is 7.86. The van der Waals surface area contributed by atoms with Gasteiger partial charge in [0.05, 0.1) is 10.4 Å². The Bertz CT molecular complexity index is 458. The molecule has 0 radical (unpaired) electrons. The van der Waals surface area contributed by atoms with Crippen molar-refractivity contribution in [1.82, 2.24) is 0 Å². The van der Waals surface area contributed by atoms with Crippen molar-refractivity contribution in [2.24, 2.45) is 0 Å². The summed E-state index contributed by atoms with van der Waals surface area (Å²) in [5.74, 6) is -2.07. The molecule has 0 fully saturated rings. The van der Waals surface area contributed by atoms with Crippen molar-refractivity contribution in [3.63, 3.8) is 0 Å². The lowest BCUT2D eigenvalue weighted by Crippen LogP contribution is -2.18. The number of carboxylic acid groups (broad SMARTS) is 1. The molecule has 0 saturated carbocycles. The molecule has 0 spiro atoms. The normalized spacial score (nSPS) is 12.5. The third-order valence-electron chi connectivity index (χ3n) is 2.17. The highest BCUT2D eigenvalue weighted by Crippen LogP contribution is 2.27. The van der Waals surface area contributed by atoms with Gasteiger partial charge in [0, 0.05) is 11.1 Å². The fourth-order valence-corrected chi connectivity index (χ4v) is 1.63.